The van der Waals surface area contributed by atoms with E-state index >= 15 is 0 Å². The van der Waals surface area contributed by atoms with Crippen molar-refractivity contribution in [1.29, 1.82) is 0 Å². The Morgan fingerprint density at radius 3 is 2.48 bits per heavy atom. The van der Waals surface area contributed by atoms with Gasteiger partial charge in [0.05, 0.1) is 11.4 Å². The van der Waals surface area contributed by atoms with Gasteiger partial charge in [0.15, 0.2) is 0 Å². The molecular formula is C17H28N4. The number of piperazine rings is 1. The first-order valence-electron chi connectivity index (χ1n) is 8.24. The SMILES string of the molecule is CC1CN(Cc2cccc(CNC3CC3)n2)CC(C)N1C. The van der Waals surface area contributed by atoms with Crippen LogP contribution in [0.25, 0.3) is 0 Å². The smallest absolute Gasteiger partial charge is 0.0547 e. The molecule has 0 radical (unpaired) electrons. The number of nitrogens with one attached hydrogen (secondary N) is 1. The average Bonchev–Trinajstić information content (AvgIpc) is 3.27. The molecule has 21 heavy (non-hydrogen) atoms. The molecule has 0 amide bonds. The van der Waals surface area contributed by atoms with E-state index in [1.54, 1.807) is 0 Å². The highest BCUT2D eigenvalue weighted by Gasteiger charge is 2.26. The predicted molar refractivity (Wildman–Crippen MR) is 86.1 cm³/mol. The molecule has 116 valence electrons. The molecule has 2 atom stereocenters. The minimum atomic E-state index is 0.619. The fourth-order valence-electron chi connectivity index (χ4n) is 3.12. The summed E-state index contributed by atoms with van der Waals surface area (Å²) in [7, 11) is 2.23. The monoisotopic (exact) mass is 288 g/mol. The van der Waals surface area contributed by atoms with Crippen molar-refractivity contribution in [3.8, 4) is 0 Å². The molecule has 1 saturated heterocycles. The van der Waals surface area contributed by atoms with Crippen LogP contribution in [-0.4, -0.2) is 53.0 Å². The first kappa shape index (κ1) is 14.9. The van der Waals surface area contributed by atoms with Gasteiger partial charge >= 0.3 is 0 Å². The number of likely N-dealkylation sites (N-methyl/N-ethyl adjacent to an activating group) is 1. The Balaban J connectivity index is 1.57. The van der Waals surface area contributed by atoms with Crippen molar-refractivity contribution < 1.29 is 0 Å². The minimum Gasteiger partial charge on any atom is -0.308 e. The van der Waals surface area contributed by atoms with E-state index < -0.39 is 0 Å². The van der Waals surface area contributed by atoms with E-state index in [0.29, 0.717) is 12.1 Å². The lowest BCUT2D eigenvalue weighted by Gasteiger charge is -2.42. The van der Waals surface area contributed by atoms with E-state index in [9.17, 15) is 0 Å². The summed E-state index contributed by atoms with van der Waals surface area (Å²) in [5.74, 6) is 0. The summed E-state index contributed by atoms with van der Waals surface area (Å²) in [4.78, 5) is 9.83. The largest absolute Gasteiger partial charge is 0.308 e. The van der Waals surface area contributed by atoms with Crippen LogP contribution in [0.1, 0.15) is 38.1 Å². The van der Waals surface area contributed by atoms with Gasteiger partial charge in [0.25, 0.3) is 0 Å². The second kappa shape index (κ2) is 6.42. The van der Waals surface area contributed by atoms with E-state index in [2.05, 4.69) is 54.2 Å². The Morgan fingerprint density at radius 2 is 1.81 bits per heavy atom. The van der Waals surface area contributed by atoms with Gasteiger partial charge in [-0.2, -0.15) is 0 Å². The maximum Gasteiger partial charge on any atom is 0.0547 e. The van der Waals surface area contributed by atoms with E-state index in [-0.39, 0.29) is 0 Å². The van der Waals surface area contributed by atoms with Crippen molar-refractivity contribution in [2.45, 2.75) is 57.9 Å². The summed E-state index contributed by atoms with van der Waals surface area (Å²) in [6, 6.07) is 8.43. The lowest BCUT2D eigenvalue weighted by atomic mass is 10.1. The molecule has 0 aromatic carbocycles. The molecule has 2 heterocycles. The molecule has 1 N–H and O–H groups in total. The molecule has 4 heteroatoms. The Hall–Kier alpha value is -0.970. The quantitative estimate of drug-likeness (QED) is 0.896. The molecule has 0 spiro atoms. The van der Waals surface area contributed by atoms with Crippen LogP contribution in [-0.2, 0) is 13.1 Å². The molecule has 0 bridgehead atoms. The van der Waals surface area contributed by atoms with Crippen molar-refractivity contribution >= 4 is 0 Å². The van der Waals surface area contributed by atoms with Gasteiger partial charge in [-0.25, -0.2) is 0 Å². The molecule has 1 aliphatic heterocycles. The third-order valence-corrected chi connectivity index (χ3v) is 4.83. The zero-order valence-electron chi connectivity index (χ0n) is 13.5. The van der Waals surface area contributed by atoms with E-state index in [1.807, 2.05) is 0 Å². The Kier molecular flexibility index (Phi) is 4.57. The highest BCUT2D eigenvalue weighted by atomic mass is 15.3. The molecule has 4 nitrogen and oxygen atoms in total. The minimum absolute atomic E-state index is 0.619. The van der Waals surface area contributed by atoms with Crippen LogP contribution >= 0.6 is 0 Å². The molecule has 1 aliphatic carbocycles. The van der Waals surface area contributed by atoms with Crippen molar-refractivity contribution in [3.63, 3.8) is 0 Å². The fourth-order valence-corrected chi connectivity index (χ4v) is 3.12. The van der Waals surface area contributed by atoms with Gasteiger partial charge in [-0.05, 0) is 45.9 Å². The fraction of sp³-hybridized carbons (Fsp3) is 0.706. The number of rotatable bonds is 5. The van der Waals surface area contributed by atoms with Gasteiger partial charge in [0, 0.05) is 44.3 Å². The number of hydrogen-bond donors (Lipinski definition) is 1. The molecule has 1 saturated carbocycles. The second-order valence-corrected chi connectivity index (χ2v) is 6.83. The van der Waals surface area contributed by atoms with Crippen LogP contribution in [0.15, 0.2) is 18.2 Å². The number of nitrogens with zero attached hydrogens (tertiary/aromatic N) is 3. The van der Waals surface area contributed by atoms with Crippen LogP contribution in [0, 0.1) is 0 Å². The Labute approximate surface area is 128 Å². The van der Waals surface area contributed by atoms with Crippen LogP contribution in [0.4, 0.5) is 0 Å². The summed E-state index contributed by atoms with van der Waals surface area (Å²) in [5.41, 5.74) is 2.38. The van der Waals surface area contributed by atoms with Crippen molar-refractivity contribution in [2.75, 3.05) is 20.1 Å². The topological polar surface area (TPSA) is 31.4 Å². The summed E-state index contributed by atoms with van der Waals surface area (Å²) < 4.78 is 0. The second-order valence-electron chi connectivity index (χ2n) is 6.83. The molecule has 2 unspecified atom stereocenters. The van der Waals surface area contributed by atoms with Crippen LogP contribution in [0.3, 0.4) is 0 Å². The van der Waals surface area contributed by atoms with Gasteiger partial charge in [-0.3, -0.25) is 14.8 Å². The van der Waals surface area contributed by atoms with Gasteiger partial charge in [-0.1, -0.05) is 6.07 Å². The van der Waals surface area contributed by atoms with Crippen LogP contribution in [0.5, 0.6) is 0 Å². The van der Waals surface area contributed by atoms with E-state index in [4.69, 9.17) is 4.98 Å². The summed E-state index contributed by atoms with van der Waals surface area (Å²) in [6.07, 6.45) is 2.66. The maximum absolute atomic E-state index is 4.82. The molecule has 2 fully saturated rings. The van der Waals surface area contributed by atoms with Gasteiger partial charge in [0.1, 0.15) is 0 Å². The van der Waals surface area contributed by atoms with E-state index in [1.165, 1.54) is 24.2 Å². The maximum atomic E-state index is 4.82. The van der Waals surface area contributed by atoms with Crippen LogP contribution in [0.2, 0.25) is 0 Å². The number of hydrogen-bond acceptors (Lipinski definition) is 4. The molecule has 2 aliphatic rings. The van der Waals surface area contributed by atoms with E-state index in [0.717, 1.165) is 32.2 Å². The lowest BCUT2D eigenvalue weighted by Crippen LogP contribution is -2.54. The Bertz CT molecular complexity index is 460. The number of pyridine rings is 1. The Morgan fingerprint density at radius 1 is 1.14 bits per heavy atom. The van der Waals surface area contributed by atoms with Crippen LogP contribution < -0.4 is 5.32 Å². The standard InChI is InChI=1S/C17H28N4/c1-13-10-21(11-14(2)20(13)3)12-17-6-4-5-16(19-17)9-18-15-7-8-15/h4-6,13-15,18H,7-12H2,1-3H3. The third kappa shape index (κ3) is 4.02. The predicted octanol–water partition coefficient (Wildman–Crippen LogP) is 1.86. The number of aromatic nitrogens is 1. The average molecular weight is 288 g/mol. The highest BCUT2D eigenvalue weighted by Crippen LogP contribution is 2.19. The van der Waals surface area contributed by atoms with Crippen molar-refractivity contribution in [1.82, 2.24) is 20.1 Å². The molecule has 1 aromatic heterocycles. The first-order chi connectivity index (χ1) is 10.1. The summed E-state index contributed by atoms with van der Waals surface area (Å²) in [6.45, 7) is 8.77. The molecular weight excluding hydrogens is 260 g/mol. The zero-order chi connectivity index (χ0) is 14.8. The van der Waals surface area contributed by atoms with Gasteiger partial charge in [0.2, 0.25) is 0 Å². The zero-order valence-corrected chi connectivity index (χ0v) is 13.5. The van der Waals surface area contributed by atoms with Crippen molar-refractivity contribution in [3.05, 3.63) is 29.6 Å². The van der Waals surface area contributed by atoms with Gasteiger partial charge in [-0.15, -0.1) is 0 Å². The first-order valence-corrected chi connectivity index (χ1v) is 8.24. The highest BCUT2D eigenvalue weighted by molar-refractivity contribution is 5.12. The van der Waals surface area contributed by atoms with Crippen molar-refractivity contribution in [2.24, 2.45) is 0 Å². The summed E-state index contributed by atoms with van der Waals surface area (Å²) >= 11 is 0. The molecule has 1 aromatic rings. The molecule has 3 rings (SSSR count). The third-order valence-electron chi connectivity index (χ3n) is 4.83. The summed E-state index contributed by atoms with van der Waals surface area (Å²) in [5, 5.41) is 3.54. The lowest BCUT2D eigenvalue weighted by molar-refractivity contribution is 0.0549. The normalized spacial score (nSPS) is 28.0. The van der Waals surface area contributed by atoms with Gasteiger partial charge < -0.3 is 5.32 Å².